The maximum Gasteiger partial charge on any atom is 0.254 e. The van der Waals surface area contributed by atoms with E-state index in [-0.39, 0.29) is 24.1 Å². The lowest BCUT2D eigenvalue weighted by atomic mass is 10.1. The van der Waals surface area contributed by atoms with Gasteiger partial charge in [0.15, 0.2) is 0 Å². The minimum absolute atomic E-state index is 0.0432. The third kappa shape index (κ3) is 3.58. The number of hydrogen-bond donors (Lipinski definition) is 2. The molecule has 0 radical (unpaired) electrons. The Labute approximate surface area is 118 Å². The molecule has 1 aromatic rings. The van der Waals surface area contributed by atoms with E-state index in [1.165, 1.54) is 12.1 Å². The fourth-order valence-electron chi connectivity index (χ4n) is 2.28. The Morgan fingerprint density at radius 3 is 3.00 bits per heavy atom. The highest BCUT2D eigenvalue weighted by atomic mass is 19.1. The molecule has 2 atom stereocenters. The molecule has 1 amide bonds. The van der Waals surface area contributed by atoms with Crippen LogP contribution in [0, 0.1) is 23.6 Å². The molecule has 3 nitrogen and oxygen atoms in total. The number of carbonyl (C=O) groups is 1. The van der Waals surface area contributed by atoms with Crippen molar-refractivity contribution >= 4 is 5.91 Å². The zero-order valence-electron chi connectivity index (χ0n) is 11.4. The van der Waals surface area contributed by atoms with Crippen molar-refractivity contribution in [3.05, 3.63) is 35.1 Å². The number of benzene rings is 1. The largest absolute Gasteiger partial charge is 0.384 e. The second-order valence-electron chi connectivity index (χ2n) is 5.02. The molecule has 2 unspecified atom stereocenters. The van der Waals surface area contributed by atoms with Gasteiger partial charge in [0.05, 0.1) is 5.56 Å². The number of hydrogen-bond acceptors (Lipinski definition) is 2. The summed E-state index contributed by atoms with van der Waals surface area (Å²) in [4.78, 5) is 12.0. The number of rotatable bonds is 4. The van der Waals surface area contributed by atoms with E-state index in [0.717, 1.165) is 19.3 Å². The van der Waals surface area contributed by atoms with Gasteiger partial charge in [0.25, 0.3) is 5.91 Å². The molecule has 0 spiro atoms. The summed E-state index contributed by atoms with van der Waals surface area (Å²) in [7, 11) is 0. The van der Waals surface area contributed by atoms with Crippen molar-refractivity contribution in [3.63, 3.8) is 0 Å². The van der Waals surface area contributed by atoms with Gasteiger partial charge in [0, 0.05) is 11.6 Å². The number of aliphatic hydroxyl groups excluding tert-OH is 1. The van der Waals surface area contributed by atoms with Gasteiger partial charge in [0.2, 0.25) is 0 Å². The van der Waals surface area contributed by atoms with Crippen molar-refractivity contribution in [1.82, 2.24) is 5.32 Å². The molecule has 0 aliphatic heterocycles. The molecule has 1 aliphatic rings. The molecule has 0 bridgehead atoms. The first-order chi connectivity index (χ1) is 9.65. The number of halogens is 1. The van der Waals surface area contributed by atoms with Crippen LogP contribution in [0.15, 0.2) is 18.2 Å². The molecule has 0 saturated heterocycles. The van der Waals surface area contributed by atoms with Gasteiger partial charge in [-0.2, -0.15) is 0 Å². The summed E-state index contributed by atoms with van der Waals surface area (Å²) in [5, 5.41) is 11.4. The maximum absolute atomic E-state index is 13.9. The van der Waals surface area contributed by atoms with Gasteiger partial charge < -0.3 is 10.4 Å². The molecule has 1 saturated carbocycles. The topological polar surface area (TPSA) is 49.3 Å². The van der Waals surface area contributed by atoms with Crippen LogP contribution in [0.5, 0.6) is 0 Å². The van der Waals surface area contributed by atoms with E-state index < -0.39 is 5.82 Å². The smallest absolute Gasteiger partial charge is 0.254 e. The van der Waals surface area contributed by atoms with Gasteiger partial charge >= 0.3 is 0 Å². The predicted octanol–water partition coefficient (Wildman–Crippen LogP) is 2.09. The van der Waals surface area contributed by atoms with Crippen LogP contribution in [0.4, 0.5) is 4.39 Å². The number of carbonyl (C=O) groups excluding carboxylic acids is 1. The molecule has 1 aromatic carbocycles. The standard InChI is InChI=1S/C16H18FNO2/c1-2-4-12-10-15(12)18-16(20)13-7-6-11(5-3-8-19)9-14(13)17/h6-7,9,12,15,19H,2,4,8,10H2,1H3,(H,18,20). The minimum Gasteiger partial charge on any atom is -0.384 e. The molecule has 106 valence electrons. The summed E-state index contributed by atoms with van der Waals surface area (Å²) in [6.45, 7) is 1.84. The van der Waals surface area contributed by atoms with Crippen LogP contribution < -0.4 is 5.32 Å². The van der Waals surface area contributed by atoms with Crippen LogP contribution in [-0.4, -0.2) is 23.7 Å². The predicted molar refractivity (Wildman–Crippen MR) is 74.6 cm³/mol. The second-order valence-corrected chi connectivity index (χ2v) is 5.02. The molecule has 20 heavy (non-hydrogen) atoms. The third-order valence-corrected chi connectivity index (χ3v) is 3.42. The van der Waals surface area contributed by atoms with Crippen molar-refractivity contribution < 1.29 is 14.3 Å². The second kappa shape index (κ2) is 6.53. The van der Waals surface area contributed by atoms with Crippen LogP contribution in [0.1, 0.15) is 42.1 Å². The molecular formula is C16H18FNO2. The molecule has 0 heterocycles. The van der Waals surface area contributed by atoms with Gasteiger partial charge in [-0.25, -0.2) is 4.39 Å². The highest BCUT2D eigenvalue weighted by Crippen LogP contribution is 2.34. The lowest BCUT2D eigenvalue weighted by Crippen LogP contribution is -2.27. The lowest BCUT2D eigenvalue weighted by Gasteiger charge is -2.06. The van der Waals surface area contributed by atoms with Crippen molar-refractivity contribution in [2.75, 3.05) is 6.61 Å². The highest BCUT2D eigenvalue weighted by Gasteiger charge is 2.37. The molecule has 1 fully saturated rings. The first kappa shape index (κ1) is 14.5. The zero-order valence-corrected chi connectivity index (χ0v) is 11.4. The molecule has 0 aromatic heterocycles. The Morgan fingerprint density at radius 2 is 2.35 bits per heavy atom. The first-order valence-corrected chi connectivity index (χ1v) is 6.85. The summed E-state index contributed by atoms with van der Waals surface area (Å²) >= 11 is 0. The Balaban J connectivity index is 2.00. The molecule has 1 aliphatic carbocycles. The highest BCUT2D eigenvalue weighted by molar-refractivity contribution is 5.95. The normalized spacial score (nSPS) is 19.9. The maximum atomic E-state index is 13.9. The van der Waals surface area contributed by atoms with Gasteiger partial charge in [-0.3, -0.25) is 4.79 Å². The van der Waals surface area contributed by atoms with E-state index >= 15 is 0 Å². The third-order valence-electron chi connectivity index (χ3n) is 3.42. The summed E-state index contributed by atoms with van der Waals surface area (Å²) < 4.78 is 13.9. The first-order valence-electron chi connectivity index (χ1n) is 6.85. The summed E-state index contributed by atoms with van der Waals surface area (Å²) in [6, 6.07) is 4.42. The summed E-state index contributed by atoms with van der Waals surface area (Å²) in [5.41, 5.74) is 0.491. The van der Waals surface area contributed by atoms with Crippen LogP contribution >= 0.6 is 0 Å². The van der Waals surface area contributed by atoms with E-state index in [1.807, 2.05) is 0 Å². The van der Waals surface area contributed by atoms with Gasteiger partial charge in [-0.15, -0.1) is 0 Å². The SMILES string of the molecule is CCCC1CC1NC(=O)c1ccc(C#CCO)cc1F. The Bertz CT molecular complexity index is 559. The Hall–Kier alpha value is -1.86. The Morgan fingerprint density at radius 1 is 1.55 bits per heavy atom. The summed E-state index contributed by atoms with van der Waals surface area (Å²) in [5.74, 6) is 4.64. The number of nitrogens with one attached hydrogen (secondary N) is 1. The fourth-order valence-corrected chi connectivity index (χ4v) is 2.28. The van der Waals surface area contributed by atoms with Crippen LogP contribution in [0.2, 0.25) is 0 Å². The van der Waals surface area contributed by atoms with E-state index in [2.05, 4.69) is 24.1 Å². The lowest BCUT2D eigenvalue weighted by molar-refractivity contribution is 0.0945. The van der Waals surface area contributed by atoms with Gasteiger partial charge in [-0.05, 0) is 37.0 Å². The van der Waals surface area contributed by atoms with Crippen LogP contribution in [-0.2, 0) is 0 Å². The van der Waals surface area contributed by atoms with Crippen molar-refractivity contribution in [1.29, 1.82) is 0 Å². The quantitative estimate of drug-likeness (QED) is 0.827. The summed E-state index contributed by atoms with van der Waals surface area (Å²) in [6.07, 6.45) is 3.19. The molecule has 4 heteroatoms. The van der Waals surface area contributed by atoms with Gasteiger partial charge in [0.1, 0.15) is 12.4 Å². The van der Waals surface area contributed by atoms with Crippen LogP contribution in [0.25, 0.3) is 0 Å². The van der Waals surface area contributed by atoms with E-state index in [9.17, 15) is 9.18 Å². The number of aliphatic hydroxyl groups is 1. The molecular weight excluding hydrogens is 257 g/mol. The average Bonchev–Trinajstić information content (AvgIpc) is 3.14. The van der Waals surface area contributed by atoms with Crippen LogP contribution in [0.3, 0.4) is 0 Å². The minimum atomic E-state index is -0.583. The van der Waals surface area contributed by atoms with E-state index in [4.69, 9.17) is 5.11 Å². The van der Waals surface area contributed by atoms with Crippen molar-refractivity contribution in [2.45, 2.75) is 32.2 Å². The molecule has 2 rings (SSSR count). The molecule has 2 N–H and O–H groups in total. The van der Waals surface area contributed by atoms with Crippen molar-refractivity contribution in [2.24, 2.45) is 5.92 Å². The fraction of sp³-hybridized carbons (Fsp3) is 0.438. The van der Waals surface area contributed by atoms with E-state index in [0.29, 0.717) is 11.5 Å². The van der Waals surface area contributed by atoms with E-state index in [1.54, 1.807) is 6.07 Å². The zero-order chi connectivity index (χ0) is 14.5. The number of amides is 1. The average molecular weight is 275 g/mol. The van der Waals surface area contributed by atoms with Crippen molar-refractivity contribution in [3.8, 4) is 11.8 Å². The van der Waals surface area contributed by atoms with Gasteiger partial charge in [-0.1, -0.05) is 25.2 Å². The Kier molecular flexibility index (Phi) is 4.75. The monoisotopic (exact) mass is 275 g/mol.